The second-order valence-electron chi connectivity index (χ2n) is 6.58. The number of amides is 2. The number of nitrogens with zero attached hydrogens (tertiary/aromatic N) is 4. The van der Waals surface area contributed by atoms with E-state index in [0.29, 0.717) is 16.6 Å². The van der Waals surface area contributed by atoms with Gasteiger partial charge in [-0.1, -0.05) is 12.1 Å². The molecular weight excluding hydrogens is 656 g/mol. The molecule has 0 saturated heterocycles. The van der Waals surface area contributed by atoms with Crippen LogP contribution in [-0.4, -0.2) is 44.5 Å². The van der Waals surface area contributed by atoms with Crippen molar-refractivity contribution in [2.75, 3.05) is 0 Å². The molecule has 10 nitrogen and oxygen atoms in total. The van der Waals surface area contributed by atoms with Crippen LogP contribution in [-0.2, 0) is 0 Å². The van der Waals surface area contributed by atoms with Crippen molar-refractivity contribution >= 4 is 63.0 Å². The first-order valence-electron chi connectivity index (χ1n) is 9.97. The van der Waals surface area contributed by atoms with Crippen LogP contribution in [0.15, 0.2) is 69.9 Å². The lowest BCUT2D eigenvalue weighted by molar-refractivity contribution is 0.0987. The third kappa shape index (κ3) is 9.10. The fraction of sp³-hybridized carbons (Fsp3) is 0. The van der Waals surface area contributed by atoms with Gasteiger partial charge in [-0.05, 0) is 79.9 Å². The van der Waals surface area contributed by atoms with Crippen LogP contribution in [0.2, 0.25) is 5.28 Å². The summed E-state index contributed by atoms with van der Waals surface area (Å²) in [5.41, 5.74) is 10.4. The van der Waals surface area contributed by atoms with Crippen molar-refractivity contribution in [1.29, 1.82) is 0 Å². The Morgan fingerprint density at radius 3 is 1.97 bits per heavy atom. The molecule has 0 aliphatic rings. The highest BCUT2D eigenvalue weighted by Crippen LogP contribution is 2.25. The Labute approximate surface area is 237 Å². The van der Waals surface area contributed by atoms with E-state index in [9.17, 15) is 18.4 Å². The first-order valence-corrected chi connectivity index (χ1v) is 11.9. The van der Waals surface area contributed by atoms with Crippen molar-refractivity contribution in [3.05, 3.63) is 98.2 Å². The average Bonchev–Trinajstić information content (AvgIpc) is 2.89. The maximum absolute atomic E-state index is 13.8. The number of hydrogen-bond acceptors (Lipinski definition) is 8. The molecule has 1 radical (unpaired) electrons. The Kier molecular flexibility index (Phi) is 12.1. The molecule has 4 rings (SSSR count). The maximum atomic E-state index is 13.8. The third-order valence-corrected chi connectivity index (χ3v) is 5.48. The molecule has 2 heterocycles. The summed E-state index contributed by atoms with van der Waals surface area (Å²) in [6.07, 6.45) is 2.73. The molecule has 2 amide bonds. The normalized spacial score (nSPS) is 9.74. The van der Waals surface area contributed by atoms with E-state index in [0.717, 1.165) is 0 Å². The van der Waals surface area contributed by atoms with Gasteiger partial charge in [0.15, 0.2) is 11.6 Å². The van der Waals surface area contributed by atoms with Gasteiger partial charge in [0, 0.05) is 12.4 Å². The number of aromatic nitrogens is 4. The lowest BCUT2D eigenvalue weighted by Gasteiger charge is -2.04. The number of hydrogen-bond donors (Lipinski definition) is 3. The number of halogens is 5. The highest BCUT2D eigenvalue weighted by Gasteiger charge is 2.12. The fourth-order valence-corrected chi connectivity index (χ4v) is 3.27. The van der Waals surface area contributed by atoms with E-state index in [2.05, 4.69) is 56.5 Å². The Morgan fingerprint density at radius 2 is 1.42 bits per heavy atom. The number of nitrogens with two attached hydrogens (primary N) is 2. The maximum Gasteiger partial charge on any atom is 0.569 e. The quantitative estimate of drug-likeness (QED) is 0.212. The first kappa shape index (κ1) is 30.7. The lowest BCUT2D eigenvalue weighted by atomic mass is 10.2. The predicted molar refractivity (Wildman–Crippen MR) is 142 cm³/mol. The minimum atomic E-state index is -0.677. The smallest absolute Gasteiger partial charge is 0.535 e. The molecule has 0 aliphatic heterocycles. The molecule has 0 saturated carbocycles. The molecule has 2 aromatic carbocycles. The van der Waals surface area contributed by atoms with Crippen LogP contribution in [0, 0.1) is 11.6 Å². The Bertz CT molecular complexity index is 1440. The minimum Gasteiger partial charge on any atom is -0.535 e. The summed E-state index contributed by atoms with van der Waals surface area (Å²) < 4.78 is 31.7. The van der Waals surface area contributed by atoms with Gasteiger partial charge in [-0.15, -0.1) is 0 Å². The molecule has 0 aliphatic carbocycles. The summed E-state index contributed by atoms with van der Waals surface area (Å²) in [5.74, 6) is -2.18. The Hall–Kier alpha value is -3.53. The van der Waals surface area contributed by atoms with Crippen molar-refractivity contribution in [3.8, 4) is 17.1 Å². The van der Waals surface area contributed by atoms with E-state index in [1.807, 2.05) is 0 Å². The summed E-state index contributed by atoms with van der Waals surface area (Å²) in [7, 11) is 0.435. The Morgan fingerprint density at radius 1 is 0.868 bits per heavy atom. The fourth-order valence-electron chi connectivity index (χ4n) is 2.41. The second-order valence-corrected chi connectivity index (χ2v) is 8.63. The summed E-state index contributed by atoms with van der Waals surface area (Å²) >= 11 is 11.4. The zero-order chi connectivity index (χ0) is 28.2. The predicted octanol–water partition coefficient (Wildman–Crippen LogP) is 3.87. The molecule has 16 heteroatoms. The summed E-state index contributed by atoms with van der Waals surface area (Å²) in [6.45, 7) is 0. The van der Waals surface area contributed by atoms with E-state index in [1.54, 1.807) is 24.3 Å². The SMILES string of the molecule is NC(=O)c1ccnc(-c2cccc(Br)c2F)n1.NC(=O)c1ccnc(Cl)n1.O[B]Oc1cccc(Br)c1F. The number of primary amides is 2. The number of benzene rings is 2. The van der Waals surface area contributed by atoms with Gasteiger partial charge in [-0.3, -0.25) is 9.59 Å². The molecule has 4 aromatic rings. The molecule has 0 spiro atoms. The van der Waals surface area contributed by atoms with E-state index in [4.69, 9.17) is 28.1 Å². The molecule has 38 heavy (non-hydrogen) atoms. The number of carbonyl (C=O) groups excluding carboxylic acids is 2. The second kappa shape index (κ2) is 15.0. The van der Waals surface area contributed by atoms with Crippen molar-refractivity contribution in [3.63, 3.8) is 0 Å². The largest absolute Gasteiger partial charge is 0.569 e. The minimum absolute atomic E-state index is 0.0122. The van der Waals surface area contributed by atoms with Gasteiger partial charge in [-0.2, -0.15) is 0 Å². The monoisotopic (exact) mass is 669 g/mol. The van der Waals surface area contributed by atoms with Crippen LogP contribution in [0.1, 0.15) is 21.0 Å². The van der Waals surface area contributed by atoms with Gasteiger partial charge >= 0.3 is 7.69 Å². The van der Waals surface area contributed by atoms with Gasteiger partial charge in [0.25, 0.3) is 11.8 Å². The van der Waals surface area contributed by atoms with Crippen molar-refractivity contribution in [1.82, 2.24) is 19.9 Å². The van der Waals surface area contributed by atoms with E-state index in [1.165, 1.54) is 36.7 Å². The highest BCUT2D eigenvalue weighted by atomic mass is 79.9. The highest BCUT2D eigenvalue weighted by molar-refractivity contribution is 9.10. The van der Waals surface area contributed by atoms with Crippen LogP contribution in [0.5, 0.6) is 5.75 Å². The van der Waals surface area contributed by atoms with Crippen LogP contribution >= 0.6 is 43.5 Å². The third-order valence-electron chi connectivity index (χ3n) is 4.07. The van der Waals surface area contributed by atoms with E-state index >= 15 is 0 Å². The summed E-state index contributed by atoms with van der Waals surface area (Å²) in [5, 5.41) is 8.23. The Balaban J connectivity index is 0.000000211. The van der Waals surface area contributed by atoms with Crippen LogP contribution in [0.4, 0.5) is 8.78 Å². The van der Waals surface area contributed by atoms with E-state index < -0.39 is 23.4 Å². The molecule has 0 fully saturated rings. The van der Waals surface area contributed by atoms with Crippen molar-refractivity contribution < 1.29 is 28.0 Å². The van der Waals surface area contributed by atoms with Gasteiger partial charge in [0.2, 0.25) is 5.28 Å². The average molecular weight is 671 g/mol. The molecule has 0 unspecified atom stereocenters. The zero-order valence-corrected chi connectivity index (χ0v) is 22.8. The van der Waals surface area contributed by atoms with Crippen molar-refractivity contribution in [2.45, 2.75) is 0 Å². The van der Waals surface area contributed by atoms with E-state index in [-0.39, 0.29) is 33.8 Å². The molecule has 2 aromatic heterocycles. The van der Waals surface area contributed by atoms with Crippen LogP contribution < -0.4 is 16.1 Å². The summed E-state index contributed by atoms with van der Waals surface area (Å²) in [4.78, 5) is 36.3. The topological polar surface area (TPSA) is 167 Å². The molecular formula is C22H15BBr2ClF2N6O4. The van der Waals surface area contributed by atoms with Crippen molar-refractivity contribution in [2.24, 2.45) is 11.5 Å². The number of rotatable bonds is 5. The first-order chi connectivity index (χ1) is 18.0. The molecule has 0 bridgehead atoms. The van der Waals surface area contributed by atoms with Crippen LogP contribution in [0.25, 0.3) is 11.4 Å². The lowest BCUT2D eigenvalue weighted by Crippen LogP contribution is -2.13. The zero-order valence-electron chi connectivity index (χ0n) is 18.9. The number of carbonyl (C=O) groups is 2. The molecule has 5 N–H and O–H groups in total. The summed E-state index contributed by atoms with van der Waals surface area (Å²) in [6, 6.07) is 12.1. The standard InChI is InChI=1S/C11H7BrFN3O.C6H4BBrFO2.C5H4ClN3O/c12-7-3-1-2-6(9(7)13)11-15-5-4-8(16-11)10(14)17;8-4-2-1-3-5(6(4)9)11-7-10;6-5-8-2-1-3(9-5)4(7)10/h1-5H,(H2,14,17);1-3,10H;1-2H,(H2,7,10). The molecule has 0 atom stereocenters. The van der Waals surface area contributed by atoms with Gasteiger partial charge < -0.3 is 21.1 Å². The molecule has 195 valence electrons. The van der Waals surface area contributed by atoms with Gasteiger partial charge in [0.1, 0.15) is 23.0 Å². The van der Waals surface area contributed by atoms with Gasteiger partial charge in [0.05, 0.1) is 14.5 Å². The van der Waals surface area contributed by atoms with Gasteiger partial charge in [-0.25, -0.2) is 28.7 Å². The van der Waals surface area contributed by atoms with Crippen LogP contribution in [0.3, 0.4) is 0 Å².